The molecule has 2 aromatic rings. The summed E-state index contributed by atoms with van der Waals surface area (Å²) in [7, 11) is 1.55. The van der Waals surface area contributed by atoms with E-state index < -0.39 is 11.8 Å². The molecule has 0 aliphatic rings. The molecule has 0 bridgehead atoms. The quantitative estimate of drug-likeness (QED) is 0.386. The van der Waals surface area contributed by atoms with Crippen LogP contribution in [0.3, 0.4) is 0 Å². The predicted octanol–water partition coefficient (Wildman–Crippen LogP) is 2.77. The molecule has 32 heavy (non-hydrogen) atoms. The average molecular weight is 444 g/mol. The largest absolute Gasteiger partial charge is 0.496 e. The van der Waals surface area contributed by atoms with Crippen molar-refractivity contribution in [2.45, 2.75) is 20.8 Å². The summed E-state index contributed by atoms with van der Waals surface area (Å²) in [5.74, 6) is 0.928. The smallest absolute Gasteiger partial charge is 0.259 e. The highest BCUT2D eigenvalue weighted by atomic mass is 16.5. The number of nitrogens with one attached hydrogen (secondary N) is 2. The van der Waals surface area contributed by atoms with Crippen LogP contribution in [0.25, 0.3) is 0 Å². The lowest BCUT2D eigenvalue weighted by molar-refractivity contribution is -0.120. The molecule has 9 heteroatoms. The maximum Gasteiger partial charge on any atom is 0.259 e. The van der Waals surface area contributed by atoms with Crippen molar-refractivity contribution in [3.8, 4) is 23.0 Å². The van der Waals surface area contributed by atoms with Crippen LogP contribution in [0.2, 0.25) is 0 Å². The summed E-state index contributed by atoms with van der Waals surface area (Å²) in [5, 5.41) is 6.46. The zero-order valence-corrected chi connectivity index (χ0v) is 18.8. The van der Waals surface area contributed by atoms with E-state index in [0.29, 0.717) is 48.4 Å². The maximum atomic E-state index is 12.6. The Labute approximate surface area is 187 Å². The topological polar surface area (TPSA) is 107 Å². The molecule has 9 nitrogen and oxygen atoms in total. The lowest BCUT2D eigenvalue weighted by atomic mass is 10.1. The molecule has 0 saturated carbocycles. The minimum atomic E-state index is -0.481. The highest BCUT2D eigenvalue weighted by Gasteiger charge is 2.18. The lowest BCUT2D eigenvalue weighted by Crippen LogP contribution is -2.35. The normalized spacial score (nSPS) is 10.5. The summed E-state index contributed by atoms with van der Waals surface area (Å²) >= 11 is 0. The number of hydrogen-bond acceptors (Lipinski definition) is 7. The van der Waals surface area contributed by atoms with Gasteiger partial charge in [0.25, 0.3) is 11.8 Å². The highest BCUT2D eigenvalue weighted by molar-refractivity contribution is 5.97. The number of benzene rings is 2. The molecule has 2 N–H and O–H groups in total. The molecular formula is C23H29N3O6. The summed E-state index contributed by atoms with van der Waals surface area (Å²) in [6.45, 7) is 6.45. The first-order valence-electron chi connectivity index (χ1n) is 10.3. The third-order valence-corrected chi connectivity index (χ3v) is 4.11. The van der Waals surface area contributed by atoms with Crippen LogP contribution < -0.4 is 29.7 Å². The van der Waals surface area contributed by atoms with E-state index in [4.69, 9.17) is 18.9 Å². The molecule has 0 heterocycles. The standard InChI is InChI=1S/C23H29N3O6/c1-5-30-19-12-17(13-20(31-6-2)22(19)32-7-3)23(28)24-15-21(27)26-25-14-16-10-8-9-11-18(16)29-4/h8-14H,5-7,15H2,1-4H3,(H,24,28)(H,26,27)/b25-14-. The van der Waals surface area contributed by atoms with Crippen molar-refractivity contribution in [3.05, 3.63) is 47.5 Å². The van der Waals surface area contributed by atoms with Gasteiger partial charge < -0.3 is 24.3 Å². The van der Waals surface area contributed by atoms with Crippen LogP contribution in [0.1, 0.15) is 36.7 Å². The van der Waals surface area contributed by atoms with Crippen LogP contribution in [-0.4, -0.2) is 51.5 Å². The zero-order chi connectivity index (χ0) is 23.3. The third kappa shape index (κ3) is 6.90. The van der Waals surface area contributed by atoms with E-state index in [1.165, 1.54) is 6.21 Å². The number of methoxy groups -OCH3 is 1. The summed E-state index contributed by atoms with van der Waals surface area (Å²) < 4.78 is 22.1. The molecule has 172 valence electrons. The van der Waals surface area contributed by atoms with E-state index in [-0.39, 0.29) is 12.1 Å². The summed E-state index contributed by atoms with van der Waals surface area (Å²) in [6, 6.07) is 10.4. The van der Waals surface area contributed by atoms with Gasteiger partial charge in [-0.2, -0.15) is 5.10 Å². The molecule has 0 aliphatic heterocycles. The first kappa shape index (κ1) is 24.5. The van der Waals surface area contributed by atoms with E-state index in [9.17, 15) is 9.59 Å². The van der Waals surface area contributed by atoms with Gasteiger partial charge in [0.2, 0.25) is 5.75 Å². The predicted molar refractivity (Wildman–Crippen MR) is 121 cm³/mol. The molecule has 0 radical (unpaired) electrons. The van der Waals surface area contributed by atoms with Crippen LogP contribution in [-0.2, 0) is 4.79 Å². The number of ether oxygens (including phenoxy) is 4. The first-order valence-corrected chi connectivity index (χ1v) is 10.3. The second-order valence-corrected chi connectivity index (χ2v) is 6.32. The Bertz CT molecular complexity index is 918. The number of carbonyl (C=O) groups excluding carboxylic acids is 2. The van der Waals surface area contributed by atoms with Crippen molar-refractivity contribution in [2.75, 3.05) is 33.5 Å². The van der Waals surface area contributed by atoms with E-state index in [1.807, 2.05) is 32.9 Å². The van der Waals surface area contributed by atoms with Gasteiger partial charge >= 0.3 is 0 Å². The molecule has 2 amide bonds. The maximum absolute atomic E-state index is 12.6. The molecule has 0 spiro atoms. The Morgan fingerprint density at radius 2 is 1.56 bits per heavy atom. The molecule has 0 saturated heterocycles. The number of hydrogen-bond donors (Lipinski definition) is 2. The van der Waals surface area contributed by atoms with Crippen molar-refractivity contribution in [3.63, 3.8) is 0 Å². The fourth-order valence-electron chi connectivity index (χ4n) is 2.77. The van der Waals surface area contributed by atoms with Crippen LogP contribution in [0.15, 0.2) is 41.5 Å². The van der Waals surface area contributed by atoms with E-state index in [1.54, 1.807) is 31.4 Å². The van der Waals surface area contributed by atoms with Crippen molar-refractivity contribution < 1.29 is 28.5 Å². The Balaban J connectivity index is 2.03. The van der Waals surface area contributed by atoms with Crippen molar-refractivity contribution in [1.82, 2.24) is 10.7 Å². The van der Waals surface area contributed by atoms with Crippen molar-refractivity contribution >= 4 is 18.0 Å². The monoisotopic (exact) mass is 443 g/mol. The van der Waals surface area contributed by atoms with Crippen molar-refractivity contribution in [2.24, 2.45) is 5.10 Å². The summed E-state index contributed by atoms with van der Waals surface area (Å²) in [5.41, 5.74) is 3.36. The number of para-hydroxylation sites is 1. The highest BCUT2D eigenvalue weighted by Crippen LogP contribution is 2.39. The first-order chi connectivity index (χ1) is 15.5. The van der Waals surface area contributed by atoms with Gasteiger partial charge in [0.1, 0.15) is 5.75 Å². The van der Waals surface area contributed by atoms with Gasteiger partial charge in [-0.1, -0.05) is 12.1 Å². The van der Waals surface area contributed by atoms with Gasteiger partial charge in [-0.3, -0.25) is 9.59 Å². The van der Waals surface area contributed by atoms with Gasteiger partial charge in [-0.15, -0.1) is 0 Å². The molecular weight excluding hydrogens is 414 g/mol. The molecule has 0 aliphatic carbocycles. The Morgan fingerprint density at radius 1 is 0.938 bits per heavy atom. The van der Waals surface area contributed by atoms with E-state index in [2.05, 4.69) is 15.8 Å². The van der Waals surface area contributed by atoms with Crippen molar-refractivity contribution in [1.29, 1.82) is 0 Å². The van der Waals surface area contributed by atoms with Gasteiger partial charge in [0, 0.05) is 11.1 Å². The molecule has 0 unspecified atom stereocenters. The van der Waals surface area contributed by atoms with Gasteiger partial charge in [0.15, 0.2) is 11.5 Å². The fraction of sp³-hybridized carbons (Fsp3) is 0.348. The van der Waals surface area contributed by atoms with E-state index in [0.717, 1.165) is 0 Å². The molecule has 0 aromatic heterocycles. The number of rotatable bonds is 12. The Hall–Kier alpha value is -3.75. The zero-order valence-electron chi connectivity index (χ0n) is 18.8. The second kappa shape index (κ2) is 12.8. The Morgan fingerprint density at radius 3 is 2.16 bits per heavy atom. The van der Waals surface area contributed by atoms with Crippen LogP contribution in [0.4, 0.5) is 0 Å². The van der Waals surface area contributed by atoms with Crippen LogP contribution in [0.5, 0.6) is 23.0 Å². The molecule has 2 rings (SSSR count). The third-order valence-electron chi connectivity index (χ3n) is 4.11. The number of amides is 2. The van der Waals surface area contributed by atoms with E-state index >= 15 is 0 Å². The van der Waals surface area contributed by atoms with Gasteiger partial charge in [-0.25, -0.2) is 5.43 Å². The minimum Gasteiger partial charge on any atom is -0.496 e. The molecule has 0 atom stereocenters. The number of hydrazone groups is 1. The number of carbonyl (C=O) groups is 2. The lowest BCUT2D eigenvalue weighted by Gasteiger charge is -2.17. The summed E-state index contributed by atoms with van der Waals surface area (Å²) in [6.07, 6.45) is 1.47. The van der Waals surface area contributed by atoms with Gasteiger partial charge in [-0.05, 0) is 45.0 Å². The fourth-order valence-corrected chi connectivity index (χ4v) is 2.77. The van der Waals surface area contributed by atoms with Gasteiger partial charge in [0.05, 0.1) is 39.7 Å². The summed E-state index contributed by atoms with van der Waals surface area (Å²) in [4.78, 5) is 24.7. The number of nitrogens with zero attached hydrogens (tertiary/aromatic N) is 1. The Kier molecular flexibility index (Phi) is 9.83. The molecule has 2 aromatic carbocycles. The second-order valence-electron chi connectivity index (χ2n) is 6.32. The average Bonchev–Trinajstić information content (AvgIpc) is 2.80. The minimum absolute atomic E-state index is 0.261. The van der Waals surface area contributed by atoms with Crippen LogP contribution in [0, 0.1) is 0 Å². The molecule has 0 fully saturated rings. The SMILES string of the molecule is CCOc1cc(C(=O)NCC(=O)N/N=C\c2ccccc2OC)cc(OCC)c1OCC. The van der Waals surface area contributed by atoms with Crippen LogP contribution >= 0.6 is 0 Å².